The van der Waals surface area contributed by atoms with E-state index in [4.69, 9.17) is 22.1 Å². The van der Waals surface area contributed by atoms with Crippen molar-refractivity contribution in [2.45, 2.75) is 26.4 Å². The van der Waals surface area contributed by atoms with Gasteiger partial charge in [-0.15, -0.1) is 0 Å². The smallest absolute Gasteiger partial charge is 0.412 e. The Morgan fingerprint density at radius 3 is 2.71 bits per heavy atom. The third kappa shape index (κ3) is 5.24. The average molecular weight is 347 g/mol. The van der Waals surface area contributed by atoms with Crippen molar-refractivity contribution in [2.75, 3.05) is 5.32 Å². The molecule has 2 aromatic rings. The standard InChI is InChI=1S/C17H19ClN4O2/c1-17(2,3)24-16(23)22-13-8-5-9-20-14(13)15(19)21-12-7-4-6-11(18)10-12/h4-10H,1-3H3,(H2,19,21)(H,22,23). The van der Waals surface area contributed by atoms with Crippen LogP contribution in [0.15, 0.2) is 47.6 Å². The number of nitrogens with zero attached hydrogens (tertiary/aromatic N) is 2. The summed E-state index contributed by atoms with van der Waals surface area (Å²) in [4.78, 5) is 20.4. The molecule has 0 atom stereocenters. The highest BCUT2D eigenvalue weighted by Gasteiger charge is 2.18. The third-order valence-electron chi connectivity index (χ3n) is 2.74. The topological polar surface area (TPSA) is 89.6 Å². The largest absolute Gasteiger partial charge is 0.444 e. The van der Waals surface area contributed by atoms with E-state index in [0.717, 1.165) is 0 Å². The van der Waals surface area contributed by atoms with Crippen molar-refractivity contribution in [1.82, 2.24) is 4.98 Å². The predicted molar refractivity (Wildman–Crippen MR) is 95.9 cm³/mol. The molecule has 0 fully saturated rings. The van der Waals surface area contributed by atoms with Crippen molar-refractivity contribution in [3.8, 4) is 0 Å². The maximum Gasteiger partial charge on any atom is 0.412 e. The Bertz CT molecular complexity index is 769. The molecule has 0 aliphatic heterocycles. The second kappa shape index (κ2) is 7.31. The number of benzene rings is 1. The van der Waals surface area contributed by atoms with Gasteiger partial charge in [0.2, 0.25) is 0 Å². The molecule has 0 spiro atoms. The summed E-state index contributed by atoms with van der Waals surface area (Å²) in [6.45, 7) is 5.35. The normalized spacial score (nSPS) is 11.9. The molecule has 0 aliphatic carbocycles. The van der Waals surface area contributed by atoms with E-state index in [2.05, 4.69) is 15.3 Å². The summed E-state index contributed by atoms with van der Waals surface area (Å²) in [6, 6.07) is 10.3. The molecule has 1 heterocycles. The van der Waals surface area contributed by atoms with Crippen LogP contribution in [0.25, 0.3) is 0 Å². The third-order valence-corrected chi connectivity index (χ3v) is 2.98. The van der Waals surface area contributed by atoms with Gasteiger partial charge in [-0.2, -0.15) is 0 Å². The number of halogens is 1. The van der Waals surface area contributed by atoms with Gasteiger partial charge >= 0.3 is 6.09 Å². The van der Waals surface area contributed by atoms with Crippen LogP contribution in [0.4, 0.5) is 16.2 Å². The Labute approximate surface area is 145 Å². The minimum Gasteiger partial charge on any atom is -0.444 e. The Balaban J connectivity index is 2.26. The second-order valence-corrected chi connectivity index (χ2v) is 6.44. The summed E-state index contributed by atoms with van der Waals surface area (Å²) in [7, 11) is 0. The van der Waals surface area contributed by atoms with Crippen LogP contribution < -0.4 is 11.1 Å². The highest BCUT2D eigenvalue weighted by molar-refractivity contribution is 6.30. The van der Waals surface area contributed by atoms with Gasteiger partial charge in [-0.25, -0.2) is 9.79 Å². The molecule has 0 aliphatic rings. The molecule has 7 heteroatoms. The van der Waals surface area contributed by atoms with Gasteiger partial charge in [0.05, 0.1) is 11.4 Å². The molecular weight excluding hydrogens is 328 g/mol. The Morgan fingerprint density at radius 1 is 1.29 bits per heavy atom. The lowest BCUT2D eigenvalue weighted by Gasteiger charge is -2.20. The van der Waals surface area contributed by atoms with Gasteiger partial charge in [-0.05, 0) is 51.1 Å². The zero-order valence-electron chi connectivity index (χ0n) is 13.7. The number of ether oxygens (including phenoxy) is 1. The maximum absolute atomic E-state index is 11.9. The zero-order valence-corrected chi connectivity index (χ0v) is 14.5. The number of aromatic nitrogens is 1. The molecule has 0 bridgehead atoms. The van der Waals surface area contributed by atoms with E-state index in [-0.39, 0.29) is 5.84 Å². The fourth-order valence-electron chi connectivity index (χ4n) is 1.86. The molecule has 0 unspecified atom stereocenters. The quantitative estimate of drug-likeness (QED) is 0.646. The molecule has 6 nitrogen and oxygen atoms in total. The van der Waals surface area contributed by atoms with Gasteiger partial charge in [0.25, 0.3) is 0 Å². The van der Waals surface area contributed by atoms with Gasteiger partial charge in [0, 0.05) is 11.2 Å². The van der Waals surface area contributed by atoms with Crippen molar-refractivity contribution in [1.29, 1.82) is 0 Å². The number of nitrogens with one attached hydrogen (secondary N) is 1. The van der Waals surface area contributed by atoms with E-state index in [1.165, 1.54) is 0 Å². The number of rotatable bonds is 3. The van der Waals surface area contributed by atoms with E-state index in [0.29, 0.717) is 22.1 Å². The van der Waals surface area contributed by atoms with Crippen LogP contribution in [0.3, 0.4) is 0 Å². The van der Waals surface area contributed by atoms with Gasteiger partial charge in [-0.3, -0.25) is 10.3 Å². The Morgan fingerprint density at radius 2 is 2.04 bits per heavy atom. The van der Waals surface area contributed by atoms with Gasteiger partial charge in [0.1, 0.15) is 11.3 Å². The lowest BCUT2D eigenvalue weighted by molar-refractivity contribution is 0.0636. The van der Waals surface area contributed by atoms with Crippen LogP contribution in [0.1, 0.15) is 26.5 Å². The zero-order chi connectivity index (χ0) is 17.7. The SMILES string of the molecule is CC(C)(C)OC(=O)Nc1cccnc1C(N)=Nc1cccc(Cl)c1. The summed E-state index contributed by atoms with van der Waals surface area (Å²) in [5, 5.41) is 3.19. The number of amides is 1. The van der Waals surface area contributed by atoms with Crippen molar-refractivity contribution in [3.05, 3.63) is 53.3 Å². The van der Waals surface area contributed by atoms with E-state index in [1.807, 2.05) is 0 Å². The molecule has 1 aromatic heterocycles. The molecule has 0 saturated heterocycles. The minimum absolute atomic E-state index is 0.156. The molecule has 0 radical (unpaired) electrons. The Kier molecular flexibility index (Phi) is 5.41. The summed E-state index contributed by atoms with van der Waals surface area (Å²) >= 11 is 5.94. The summed E-state index contributed by atoms with van der Waals surface area (Å²) < 4.78 is 5.23. The van der Waals surface area contributed by atoms with E-state index >= 15 is 0 Å². The number of pyridine rings is 1. The number of aliphatic imine (C=N–C) groups is 1. The summed E-state index contributed by atoms with van der Waals surface area (Å²) in [5.41, 5.74) is 6.78. The van der Waals surface area contributed by atoms with Crippen molar-refractivity contribution < 1.29 is 9.53 Å². The Hall–Kier alpha value is -2.60. The van der Waals surface area contributed by atoms with E-state index in [9.17, 15) is 4.79 Å². The van der Waals surface area contributed by atoms with Gasteiger partial charge in [-0.1, -0.05) is 17.7 Å². The molecule has 126 valence electrons. The van der Waals surface area contributed by atoms with Crippen molar-refractivity contribution in [3.63, 3.8) is 0 Å². The van der Waals surface area contributed by atoms with E-state index in [1.54, 1.807) is 63.4 Å². The number of amidine groups is 1. The number of anilines is 1. The number of nitrogens with two attached hydrogens (primary N) is 1. The van der Waals surface area contributed by atoms with Crippen LogP contribution in [-0.2, 0) is 4.74 Å². The summed E-state index contributed by atoms with van der Waals surface area (Å²) in [5.74, 6) is 0.156. The van der Waals surface area contributed by atoms with Crippen molar-refractivity contribution in [2.24, 2.45) is 10.7 Å². The molecule has 3 N–H and O–H groups in total. The molecule has 1 aromatic carbocycles. The van der Waals surface area contributed by atoms with Gasteiger partial charge in [0.15, 0.2) is 5.84 Å². The number of carbonyl (C=O) groups is 1. The molecule has 1 amide bonds. The van der Waals surface area contributed by atoms with Crippen LogP contribution in [0, 0.1) is 0 Å². The number of hydrogen-bond donors (Lipinski definition) is 2. The molecule has 2 rings (SSSR count). The highest BCUT2D eigenvalue weighted by Crippen LogP contribution is 2.20. The molecular formula is C17H19ClN4O2. The van der Waals surface area contributed by atoms with Crippen LogP contribution in [-0.4, -0.2) is 22.5 Å². The summed E-state index contributed by atoms with van der Waals surface area (Å²) in [6.07, 6.45) is 0.975. The first kappa shape index (κ1) is 17.7. The predicted octanol–water partition coefficient (Wildman–Crippen LogP) is 4.12. The second-order valence-electron chi connectivity index (χ2n) is 6.00. The van der Waals surface area contributed by atoms with Crippen LogP contribution in [0.5, 0.6) is 0 Å². The molecule has 24 heavy (non-hydrogen) atoms. The fourth-order valence-corrected chi connectivity index (χ4v) is 2.05. The average Bonchev–Trinajstić information content (AvgIpc) is 2.45. The van der Waals surface area contributed by atoms with Crippen LogP contribution in [0.2, 0.25) is 5.02 Å². The molecule has 0 saturated carbocycles. The first-order valence-corrected chi connectivity index (χ1v) is 7.67. The highest BCUT2D eigenvalue weighted by atomic mass is 35.5. The lowest BCUT2D eigenvalue weighted by atomic mass is 10.2. The van der Waals surface area contributed by atoms with Crippen molar-refractivity contribution >= 4 is 34.9 Å². The first-order valence-electron chi connectivity index (χ1n) is 7.30. The van der Waals surface area contributed by atoms with Crippen LogP contribution >= 0.6 is 11.6 Å². The maximum atomic E-state index is 11.9. The van der Waals surface area contributed by atoms with Gasteiger partial charge < -0.3 is 10.5 Å². The minimum atomic E-state index is -0.604. The number of hydrogen-bond acceptors (Lipinski definition) is 4. The monoisotopic (exact) mass is 346 g/mol. The lowest BCUT2D eigenvalue weighted by Crippen LogP contribution is -2.28. The number of carbonyl (C=O) groups excluding carboxylic acids is 1. The fraction of sp³-hybridized carbons (Fsp3) is 0.235. The first-order chi connectivity index (χ1) is 11.2. The van der Waals surface area contributed by atoms with E-state index < -0.39 is 11.7 Å².